The standard InChI is InChI=1S/C35H69NO8/c1-3-5-7-9-11-13-14-15-17-19-21-23-25-31(39)36-28(29(38)24-22-20-18-16-12-10-8-6-4-2)27-43-35-34(42)33(41)32(40)30(26-37)44-35/h28-30,32-35,37-38,40-42H,3-27H2,1-2H3,(H,36,39)/t28-,29+,30+,32-,33?,34?,35+/m0/s1. The van der Waals surface area contributed by atoms with Crippen molar-refractivity contribution < 1.29 is 39.8 Å². The molecule has 1 rings (SSSR count). The number of hydrogen-bond donors (Lipinski definition) is 6. The van der Waals surface area contributed by atoms with Gasteiger partial charge in [0.15, 0.2) is 6.29 Å². The van der Waals surface area contributed by atoms with Crippen molar-refractivity contribution in [1.29, 1.82) is 0 Å². The Balaban J connectivity index is 2.44. The Morgan fingerprint density at radius 1 is 0.682 bits per heavy atom. The molecule has 1 aliphatic rings. The first-order chi connectivity index (χ1) is 21.3. The molecule has 0 bridgehead atoms. The predicted molar refractivity (Wildman–Crippen MR) is 175 cm³/mol. The number of carbonyl (C=O) groups excluding carboxylic acids is 1. The van der Waals surface area contributed by atoms with E-state index < -0.39 is 49.5 Å². The fourth-order valence-corrected chi connectivity index (χ4v) is 5.92. The SMILES string of the molecule is CCCCCCCCCCCCCCC(=O)N[C@@H](CO[C@@H]1O[C@H](CO)[C@H](O)C(O)C1O)[C@H](O)CCCCCCCCCCC. The smallest absolute Gasteiger partial charge is 0.220 e. The minimum Gasteiger partial charge on any atom is -0.394 e. The van der Waals surface area contributed by atoms with Crippen molar-refractivity contribution in [1.82, 2.24) is 5.32 Å². The molecule has 44 heavy (non-hydrogen) atoms. The number of carbonyl (C=O) groups is 1. The van der Waals surface area contributed by atoms with Gasteiger partial charge in [0, 0.05) is 6.42 Å². The van der Waals surface area contributed by atoms with Crippen LogP contribution in [0.25, 0.3) is 0 Å². The second kappa shape index (κ2) is 27.3. The van der Waals surface area contributed by atoms with Crippen molar-refractivity contribution in [3.05, 3.63) is 0 Å². The predicted octanol–water partition coefficient (Wildman–Crippen LogP) is 5.66. The molecule has 0 aromatic carbocycles. The maximum absolute atomic E-state index is 12.8. The first-order valence-corrected chi connectivity index (χ1v) is 18.2. The van der Waals surface area contributed by atoms with Crippen LogP contribution in [0.2, 0.25) is 0 Å². The van der Waals surface area contributed by atoms with E-state index >= 15 is 0 Å². The summed E-state index contributed by atoms with van der Waals surface area (Å²) in [5.74, 6) is -0.148. The molecule has 0 aromatic heterocycles. The van der Waals surface area contributed by atoms with Crippen LogP contribution < -0.4 is 5.32 Å². The molecular formula is C35H69NO8. The number of amides is 1. The molecule has 0 spiro atoms. The number of nitrogens with one attached hydrogen (secondary N) is 1. The fraction of sp³-hybridized carbons (Fsp3) is 0.971. The summed E-state index contributed by atoms with van der Waals surface area (Å²) in [7, 11) is 0. The number of aliphatic hydroxyl groups excluding tert-OH is 5. The average Bonchev–Trinajstić information content (AvgIpc) is 3.02. The van der Waals surface area contributed by atoms with Crippen molar-refractivity contribution in [2.24, 2.45) is 0 Å². The first-order valence-electron chi connectivity index (χ1n) is 18.2. The molecule has 1 aliphatic heterocycles. The summed E-state index contributed by atoms with van der Waals surface area (Å²) < 4.78 is 11.2. The highest BCUT2D eigenvalue weighted by Crippen LogP contribution is 2.23. The highest BCUT2D eigenvalue weighted by atomic mass is 16.7. The molecule has 9 heteroatoms. The molecule has 262 valence electrons. The third-order valence-electron chi connectivity index (χ3n) is 8.96. The van der Waals surface area contributed by atoms with Crippen molar-refractivity contribution in [3.63, 3.8) is 0 Å². The van der Waals surface area contributed by atoms with Crippen molar-refractivity contribution in [3.8, 4) is 0 Å². The maximum Gasteiger partial charge on any atom is 0.220 e. The van der Waals surface area contributed by atoms with E-state index in [0.29, 0.717) is 12.8 Å². The van der Waals surface area contributed by atoms with Gasteiger partial charge < -0.3 is 40.3 Å². The van der Waals surface area contributed by atoms with E-state index in [-0.39, 0.29) is 12.5 Å². The second-order valence-corrected chi connectivity index (χ2v) is 13.0. The first kappa shape index (κ1) is 41.2. The lowest BCUT2D eigenvalue weighted by atomic mass is 9.99. The van der Waals surface area contributed by atoms with Crippen LogP contribution in [0.3, 0.4) is 0 Å². The lowest BCUT2D eigenvalue weighted by Gasteiger charge is -2.40. The summed E-state index contributed by atoms with van der Waals surface area (Å²) >= 11 is 0. The van der Waals surface area contributed by atoms with Crippen LogP contribution in [0, 0.1) is 0 Å². The van der Waals surface area contributed by atoms with Crippen molar-refractivity contribution in [2.45, 2.75) is 204 Å². The molecule has 1 amide bonds. The van der Waals surface area contributed by atoms with Gasteiger partial charge in [0.05, 0.1) is 25.4 Å². The van der Waals surface area contributed by atoms with E-state index in [4.69, 9.17) is 9.47 Å². The van der Waals surface area contributed by atoms with Crippen molar-refractivity contribution >= 4 is 5.91 Å². The van der Waals surface area contributed by atoms with E-state index in [1.165, 1.54) is 96.3 Å². The highest BCUT2D eigenvalue weighted by Gasteiger charge is 2.44. The van der Waals surface area contributed by atoms with Gasteiger partial charge in [0.2, 0.25) is 5.91 Å². The minimum atomic E-state index is -1.54. The summed E-state index contributed by atoms with van der Waals surface area (Å²) in [6.07, 6.45) is 18.3. The molecule has 0 aromatic rings. The van der Waals surface area contributed by atoms with Gasteiger partial charge in [-0.3, -0.25) is 4.79 Å². The molecule has 0 radical (unpaired) electrons. The van der Waals surface area contributed by atoms with Crippen LogP contribution >= 0.6 is 0 Å². The zero-order valence-electron chi connectivity index (χ0n) is 28.2. The molecule has 9 nitrogen and oxygen atoms in total. The number of unbranched alkanes of at least 4 members (excludes halogenated alkanes) is 19. The van der Waals surface area contributed by atoms with Crippen LogP contribution in [0.5, 0.6) is 0 Å². The summed E-state index contributed by atoms with van der Waals surface area (Å²) in [4.78, 5) is 12.8. The zero-order valence-corrected chi connectivity index (χ0v) is 28.2. The molecule has 1 fully saturated rings. The number of hydrogen-bond acceptors (Lipinski definition) is 8. The highest BCUT2D eigenvalue weighted by molar-refractivity contribution is 5.76. The number of ether oxygens (including phenoxy) is 2. The van der Waals surface area contributed by atoms with Crippen LogP contribution in [0.4, 0.5) is 0 Å². The topological polar surface area (TPSA) is 149 Å². The van der Waals surface area contributed by atoms with Crippen LogP contribution in [0.15, 0.2) is 0 Å². The molecule has 6 N–H and O–H groups in total. The van der Waals surface area contributed by atoms with E-state index in [1.807, 2.05) is 0 Å². The van der Waals surface area contributed by atoms with E-state index in [2.05, 4.69) is 19.2 Å². The van der Waals surface area contributed by atoms with Gasteiger partial charge in [0.1, 0.15) is 24.4 Å². The van der Waals surface area contributed by atoms with Gasteiger partial charge in [-0.1, -0.05) is 142 Å². The molecule has 7 atom stereocenters. The van der Waals surface area contributed by atoms with Gasteiger partial charge in [-0.05, 0) is 12.8 Å². The molecule has 0 aliphatic carbocycles. The number of aliphatic hydroxyl groups is 5. The lowest BCUT2D eigenvalue weighted by molar-refractivity contribution is -0.302. The van der Waals surface area contributed by atoms with E-state index in [0.717, 1.165) is 38.5 Å². The zero-order chi connectivity index (χ0) is 32.4. The monoisotopic (exact) mass is 632 g/mol. The maximum atomic E-state index is 12.8. The van der Waals surface area contributed by atoms with Gasteiger partial charge in [-0.25, -0.2) is 0 Å². The Labute approximate surface area is 268 Å². The normalized spacial score (nSPS) is 23.5. The van der Waals surface area contributed by atoms with Crippen LogP contribution in [0.1, 0.15) is 162 Å². The molecular weight excluding hydrogens is 562 g/mol. The third kappa shape index (κ3) is 19.0. The Kier molecular flexibility index (Phi) is 25.6. The average molecular weight is 632 g/mol. The lowest BCUT2D eigenvalue weighted by Crippen LogP contribution is -2.60. The van der Waals surface area contributed by atoms with Crippen LogP contribution in [-0.4, -0.2) is 87.5 Å². The quantitative estimate of drug-likeness (QED) is 0.0580. The largest absolute Gasteiger partial charge is 0.394 e. The third-order valence-corrected chi connectivity index (χ3v) is 8.96. The summed E-state index contributed by atoms with van der Waals surface area (Å²) in [5.41, 5.74) is 0. The van der Waals surface area contributed by atoms with E-state index in [9.17, 15) is 30.3 Å². The van der Waals surface area contributed by atoms with Gasteiger partial charge >= 0.3 is 0 Å². The second-order valence-electron chi connectivity index (χ2n) is 13.0. The Hall–Kier alpha value is -0.810. The van der Waals surface area contributed by atoms with Gasteiger partial charge in [-0.2, -0.15) is 0 Å². The Morgan fingerprint density at radius 3 is 1.61 bits per heavy atom. The van der Waals surface area contributed by atoms with Crippen LogP contribution in [-0.2, 0) is 14.3 Å². The van der Waals surface area contributed by atoms with Crippen molar-refractivity contribution in [2.75, 3.05) is 13.2 Å². The van der Waals surface area contributed by atoms with Gasteiger partial charge in [0.25, 0.3) is 0 Å². The van der Waals surface area contributed by atoms with Gasteiger partial charge in [-0.15, -0.1) is 0 Å². The summed E-state index contributed by atoms with van der Waals surface area (Å²) in [6, 6.07) is -0.707. The Bertz CT molecular complexity index is 667. The molecule has 2 unspecified atom stereocenters. The van der Waals surface area contributed by atoms with E-state index in [1.54, 1.807) is 0 Å². The summed E-state index contributed by atoms with van der Waals surface area (Å²) in [5, 5.41) is 53.8. The minimum absolute atomic E-state index is 0.133. The molecule has 0 saturated carbocycles. The fourth-order valence-electron chi connectivity index (χ4n) is 5.92. The number of rotatable bonds is 29. The Morgan fingerprint density at radius 2 is 1.14 bits per heavy atom. The molecule has 1 heterocycles. The molecule has 1 saturated heterocycles. The summed E-state index contributed by atoms with van der Waals surface area (Å²) in [6.45, 7) is 3.78.